The standard InChI is InChI=1S/C9H20N2O/c1-7(2)8(3)6-11(5)9(12)10-4/h7-8H,6H2,1-5H3,(H,10,12). The van der Waals surface area contributed by atoms with Gasteiger partial charge in [0.05, 0.1) is 0 Å². The quantitative estimate of drug-likeness (QED) is 0.688. The smallest absolute Gasteiger partial charge is 0.316 e. The summed E-state index contributed by atoms with van der Waals surface area (Å²) in [4.78, 5) is 12.8. The molecule has 0 aromatic rings. The molecule has 72 valence electrons. The van der Waals surface area contributed by atoms with Gasteiger partial charge in [0.15, 0.2) is 0 Å². The zero-order chi connectivity index (χ0) is 9.72. The number of hydrogen-bond donors (Lipinski definition) is 1. The van der Waals surface area contributed by atoms with Gasteiger partial charge in [0.2, 0.25) is 0 Å². The predicted molar refractivity (Wildman–Crippen MR) is 51.1 cm³/mol. The molecule has 12 heavy (non-hydrogen) atoms. The van der Waals surface area contributed by atoms with Gasteiger partial charge in [0.25, 0.3) is 0 Å². The molecule has 0 fully saturated rings. The van der Waals surface area contributed by atoms with Crippen molar-refractivity contribution in [3.05, 3.63) is 0 Å². The second-order valence-electron chi connectivity index (χ2n) is 3.66. The SMILES string of the molecule is CNC(=O)N(C)CC(C)C(C)C. The van der Waals surface area contributed by atoms with E-state index in [-0.39, 0.29) is 6.03 Å². The fraction of sp³-hybridized carbons (Fsp3) is 0.889. The van der Waals surface area contributed by atoms with E-state index in [2.05, 4.69) is 26.1 Å². The van der Waals surface area contributed by atoms with Crippen molar-refractivity contribution in [2.24, 2.45) is 11.8 Å². The first-order valence-electron chi connectivity index (χ1n) is 4.41. The fourth-order valence-electron chi connectivity index (χ4n) is 0.917. The molecule has 0 radical (unpaired) electrons. The Kier molecular flexibility index (Phi) is 4.71. The van der Waals surface area contributed by atoms with Gasteiger partial charge in [-0.2, -0.15) is 0 Å². The molecular weight excluding hydrogens is 152 g/mol. The molecule has 0 aromatic carbocycles. The number of nitrogens with one attached hydrogen (secondary N) is 1. The van der Waals surface area contributed by atoms with Crippen molar-refractivity contribution < 1.29 is 4.79 Å². The Hall–Kier alpha value is -0.730. The number of hydrogen-bond acceptors (Lipinski definition) is 1. The topological polar surface area (TPSA) is 32.3 Å². The molecule has 0 aromatic heterocycles. The van der Waals surface area contributed by atoms with Crippen LogP contribution >= 0.6 is 0 Å². The van der Waals surface area contributed by atoms with Crippen molar-refractivity contribution in [3.8, 4) is 0 Å². The molecule has 0 aliphatic heterocycles. The summed E-state index contributed by atoms with van der Waals surface area (Å²) in [5, 5.41) is 2.60. The number of carbonyl (C=O) groups excluding carboxylic acids is 1. The molecule has 1 N–H and O–H groups in total. The number of rotatable bonds is 3. The third-order valence-corrected chi connectivity index (χ3v) is 2.26. The van der Waals surface area contributed by atoms with Crippen LogP contribution in [0, 0.1) is 11.8 Å². The van der Waals surface area contributed by atoms with Gasteiger partial charge in [0.1, 0.15) is 0 Å². The van der Waals surface area contributed by atoms with E-state index in [1.165, 1.54) is 0 Å². The van der Waals surface area contributed by atoms with Crippen LogP contribution in [0.25, 0.3) is 0 Å². The molecule has 3 heteroatoms. The van der Waals surface area contributed by atoms with Gasteiger partial charge >= 0.3 is 6.03 Å². The van der Waals surface area contributed by atoms with E-state index < -0.39 is 0 Å². The molecule has 3 nitrogen and oxygen atoms in total. The van der Waals surface area contributed by atoms with E-state index in [9.17, 15) is 4.79 Å². The van der Waals surface area contributed by atoms with Crippen molar-refractivity contribution in [1.29, 1.82) is 0 Å². The molecule has 0 rings (SSSR count). The highest BCUT2D eigenvalue weighted by Crippen LogP contribution is 2.10. The summed E-state index contributed by atoms with van der Waals surface area (Å²) < 4.78 is 0. The maximum atomic E-state index is 11.1. The van der Waals surface area contributed by atoms with Crippen LogP contribution in [-0.2, 0) is 0 Å². The van der Waals surface area contributed by atoms with Crippen molar-refractivity contribution in [2.45, 2.75) is 20.8 Å². The average Bonchev–Trinajstić information content (AvgIpc) is 2.02. The summed E-state index contributed by atoms with van der Waals surface area (Å²) in [5.41, 5.74) is 0. The Morgan fingerprint density at radius 2 is 1.92 bits per heavy atom. The van der Waals surface area contributed by atoms with E-state index in [1.54, 1.807) is 11.9 Å². The van der Waals surface area contributed by atoms with E-state index in [1.807, 2.05) is 7.05 Å². The van der Waals surface area contributed by atoms with Crippen LogP contribution in [0.1, 0.15) is 20.8 Å². The molecule has 1 unspecified atom stereocenters. The molecule has 2 amide bonds. The highest BCUT2D eigenvalue weighted by Gasteiger charge is 2.12. The van der Waals surface area contributed by atoms with Crippen LogP contribution in [0.15, 0.2) is 0 Å². The van der Waals surface area contributed by atoms with Gasteiger partial charge in [-0.3, -0.25) is 0 Å². The van der Waals surface area contributed by atoms with E-state index in [0.29, 0.717) is 11.8 Å². The molecule has 0 bridgehead atoms. The lowest BCUT2D eigenvalue weighted by Gasteiger charge is -2.23. The second kappa shape index (κ2) is 5.01. The van der Waals surface area contributed by atoms with Crippen LogP contribution in [-0.4, -0.2) is 31.6 Å². The highest BCUT2D eigenvalue weighted by atomic mass is 16.2. The Bertz CT molecular complexity index is 145. The maximum Gasteiger partial charge on any atom is 0.316 e. The monoisotopic (exact) mass is 172 g/mol. The first-order chi connectivity index (χ1) is 5.49. The van der Waals surface area contributed by atoms with Gasteiger partial charge in [-0.05, 0) is 11.8 Å². The molecule has 0 aliphatic carbocycles. The van der Waals surface area contributed by atoms with Gasteiger partial charge in [-0.1, -0.05) is 20.8 Å². The summed E-state index contributed by atoms with van der Waals surface area (Å²) in [6.07, 6.45) is 0. The van der Waals surface area contributed by atoms with Crippen molar-refractivity contribution in [2.75, 3.05) is 20.6 Å². The Morgan fingerprint density at radius 3 is 2.25 bits per heavy atom. The van der Waals surface area contributed by atoms with Gasteiger partial charge in [-0.25, -0.2) is 4.79 Å². The maximum absolute atomic E-state index is 11.1. The van der Waals surface area contributed by atoms with Crippen molar-refractivity contribution in [3.63, 3.8) is 0 Å². The number of amides is 2. The van der Waals surface area contributed by atoms with Crippen LogP contribution in [0.5, 0.6) is 0 Å². The third-order valence-electron chi connectivity index (χ3n) is 2.26. The fourth-order valence-corrected chi connectivity index (χ4v) is 0.917. The summed E-state index contributed by atoms with van der Waals surface area (Å²) in [6, 6.07) is -0.0116. The minimum atomic E-state index is -0.0116. The van der Waals surface area contributed by atoms with Crippen LogP contribution < -0.4 is 5.32 Å². The lowest BCUT2D eigenvalue weighted by molar-refractivity contribution is 0.198. The second-order valence-corrected chi connectivity index (χ2v) is 3.66. The van der Waals surface area contributed by atoms with E-state index in [4.69, 9.17) is 0 Å². The lowest BCUT2D eigenvalue weighted by atomic mass is 9.98. The minimum Gasteiger partial charge on any atom is -0.341 e. The molecule has 0 saturated heterocycles. The Morgan fingerprint density at radius 1 is 1.42 bits per heavy atom. The zero-order valence-electron chi connectivity index (χ0n) is 8.72. The summed E-state index contributed by atoms with van der Waals surface area (Å²) in [7, 11) is 3.47. The third kappa shape index (κ3) is 3.60. The lowest BCUT2D eigenvalue weighted by Crippen LogP contribution is -2.38. The zero-order valence-corrected chi connectivity index (χ0v) is 8.72. The minimum absolute atomic E-state index is 0.0116. The molecule has 0 heterocycles. The summed E-state index contributed by atoms with van der Waals surface area (Å²) in [5.74, 6) is 1.17. The molecule has 0 saturated carbocycles. The van der Waals surface area contributed by atoms with Gasteiger partial charge < -0.3 is 10.2 Å². The van der Waals surface area contributed by atoms with Crippen molar-refractivity contribution >= 4 is 6.03 Å². The van der Waals surface area contributed by atoms with E-state index >= 15 is 0 Å². The number of urea groups is 1. The largest absolute Gasteiger partial charge is 0.341 e. The average molecular weight is 172 g/mol. The van der Waals surface area contributed by atoms with Crippen LogP contribution in [0.4, 0.5) is 4.79 Å². The molecule has 1 atom stereocenters. The first kappa shape index (κ1) is 11.3. The molecule has 0 aliphatic rings. The van der Waals surface area contributed by atoms with Gasteiger partial charge in [-0.15, -0.1) is 0 Å². The van der Waals surface area contributed by atoms with Crippen LogP contribution in [0.2, 0.25) is 0 Å². The Labute approximate surface area is 75.1 Å². The Balaban J connectivity index is 3.83. The number of nitrogens with zero attached hydrogens (tertiary/aromatic N) is 1. The molecule has 0 spiro atoms. The van der Waals surface area contributed by atoms with Crippen molar-refractivity contribution in [1.82, 2.24) is 10.2 Å². The van der Waals surface area contributed by atoms with Crippen LogP contribution in [0.3, 0.4) is 0 Å². The summed E-state index contributed by atoms with van der Waals surface area (Å²) in [6.45, 7) is 7.31. The predicted octanol–water partition coefficient (Wildman–Crippen LogP) is 1.55. The highest BCUT2D eigenvalue weighted by molar-refractivity contribution is 5.73. The van der Waals surface area contributed by atoms with Gasteiger partial charge in [0, 0.05) is 20.6 Å². The normalized spacial score (nSPS) is 12.8. The molecular formula is C9H20N2O. The number of carbonyl (C=O) groups is 1. The first-order valence-corrected chi connectivity index (χ1v) is 4.41. The summed E-state index contributed by atoms with van der Waals surface area (Å²) >= 11 is 0. The van der Waals surface area contributed by atoms with E-state index in [0.717, 1.165) is 6.54 Å².